The van der Waals surface area contributed by atoms with Gasteiger partial charge in [-0.15, -0.1) is 0 Å². The molecular formula is C18H31ClN4O. The summed E-state index contributed by atoms with van der Waals surface area (Å²) in [5.74, 6) is 0.874. The summed E-state index contributed by atoms with van der Waals surface area (Å²) in [5.41, 5.74) is 1.23. The molecule has 5 nitrogen and oxygen atoms in total. The van der Waals surface area contributed by atoms with Crippen LogP contribution in [0.1, 0.15) is 18.9 Å². The number of ether oxygens (including phenoxy) is 1. The number of nitrogens with zero attached hydrogens (tertiary/aromatic N) is 2. The zero-order valence-corrected chi connectivity index (χ0v) is 15.9. The molecule has 0 radical (unpaired) electrons. The van der Waals surface area contributed by atoms with Gasteiger partial charge in [0.25, 0.3) is 0 Å². The maximum Gasteiger partial charge on any atom is 0.191 e. The van der Waals surface area contributed by atoms with E-state index in [0.29, 0.717) is 0 Å². The van der Waals surface area contributed by atoms with Gasteiger partial charge in [-0.05, 0) is 51.1 Å². The third-order valence-electron chi connectivity index (χ3n) is 3.58. The quantitative estimate of drug-likeness (QED) is 0.364. The van der Waals surface area contributed by atoms with E-state index in [-0.39, 0.29) is 0 Å². The fourth-order valence-corrected chi connectivity index (χ4v) is 2.46. The van der Waals surface area contributed by atoms with Crippen molar-refractivity contribution < 1.29 is 4.74 Å². The summed E-state index contributed by atoms with van der Waals surface area (Å²) >= 11 is 6.01. The predicted molar refractivity (Wildman–Crippen MR) is 103 cm³/mol. The number of rotatable bonds is 11. The average Bonchev–Trinajstić information content (AvgIpc) is 2.57. The third-order valence-corrected chi connectivity index (χ3v) is 3.82. The molecule has 24 heavy (non-hydrogen) atoms. The first-order valence-corrected chi connectivity index (χ1v) is 8.97. The number of hydrogen-bond donors (Lipinski definition) is 2. The number of likely N-dealkylation sites (N-methyl/N-ethyl adjacent to an activating group) is 1. The van der Waals surface area contributed by atoms with Crippen LogP contribution >= 0.6 is 11.6 Å². The minimum absolute atomic E-state index is 0.771. The molecule has 136 valence electrons. The predicted octanol–water partition coefficient (Wildman–Crippen LogP) is 2.41. The van der Waals surface area contributed by atoms with Crippen LogP contribution in [0.2, 0.25) is 5.02 Å². The highest BCUT2D eigenvalue weighted by molar-refractivity contribution is 6.30. The first-order valence-electron chi connectivity index (χ1n) is 8.59. The Labute approximate surface area is 151 Å². The van der Waals surface area contributed by atoms with E-state index in [9.17, 15) is 0 Å². The number of halogens is 1. The van der Waals surface area contributed by atoms with Gasteiger partial charge in [-0.25, -0.2) is 0 Å². The van der Waals surface area contributed by atoms with Crippen molar-refractivity contribution in [3.8, 4) is 0 Å². The lowest BCUT2D eigenvalue weighted by molar-refractivity contribution is 0.161. The molecule has 1 aromatic carbocycles. The first-order chi connectivity index (χ1) is 11.7. The van der Waals surface area contributed by atoms with Gasteiger partial charge in [-0.3, -0.25) is 4.99 Å². The molecule has 0 saturated heterocycles. The molecule has 0 aliphatic rings. The van der Waals surface area contributed by atoms with E-state index in [4.69, 9.17) is 16.3 Å². The molecule has 0 heterocycles. The molecular weight excluding hydrogens is 324 g/mol. The van der Waals surface area contributed by atoms with Crippen LogP contribution in [0, 0.1) is 0 Å². The van der Waals surface area contributed by atoms with Crippen LogP contribution in [0.25, 0.3) is 0 Å². The Morgan fingerprint density at radius 2 is 2.12 bits per heavy atom. The molecule has 0 aliphatic heterocycles. The molecule has 1 aromatic rings. The largest absolute Gasteiger partial charge is 0.383 e. The van der Waals surface area contributed by atoms with E-state index < -0.39 is 0 Å². The van der Waals surface area contributed by atoms with E-state index in [1.54, 1.807) is 7.11 Å². The highest BCUT2D eigenvalue weighted by Crippen LogP contribution is 2.10. The summed E-state index contributed by atoms with van der Waals surface area (Å²) in [6, 6.07) is 7.97. The molecule has 2 N–H and O–H groups in total. The van der Waals surface area contributed by atoms with E-state index in [1.165, 1.54) is 5.56 Å². The van der Waals surface area contributed by atoms with Gasteiger partial charge in [0.1, 0.15) is 0 Å². The maximum absolute atomic E-state index is 6.01. The molecule has 0 amide bonds. The van der Waals surface area contributed by atoms with Crippen molar-refractivity contribution in [2.24, 2.45) is 4.99 Å². The summed E-state index contributed by atoms with van der Waals surface area (Å²) in [6.07, 6.45) is 1.95. The molecule has 1 rings (SSSR count). The van der Waals surface area contributed by atoms with Crippen LogP contribution in [0.3, 0.4) is 0 Å². The molecule has 0 aromatic heterocycles. The van der Waals surface area contributed by atoms with E-state index in [2.05, 4.69) is 40.6 Å². The number of benzene rings is 1. The summed E-state index contributed by atoms with van der Waals surface area (Å²) in [6.45, 7) is 7.33. The Morgan fingerprint density at radius 3 is 2.83 bits per heavy atom. The van der Waals surface area contributed by atoms with Crippen molar-refractivity contribution in [2.45, 2.75) is 19.8 Å². The zero-order valence-electron chi connectivity index (χ0n) is 15.1. The molecule has 0 bridgehead atoms. The minimum Gasteiger partial charge on any atom is -0.383 e. The second kappa shape index (κ2) is 13.0. The second-order valence-electron chi connectivity index (χ2n) is 5.72. The third kappa shape index (κ3) is 9.75. The fourth-order valence-electron chi connectivity index (χ4n) is 2.25. The van der Waals surface area contributed by atoms with Gasteiger partial charge in [0.05, 0.1) is 6.61 Å². The lowest BCUT2D eigenvalue weighted by atomic mass is 10.1. The van der Waals surface area contributed by atoms with Crippen LogP contribution in [0.5, 0.6) is 0 Å². The van der Waals surface area contributed by atoms with E-state index in [0.717, 1.165) is 63.2 Å². The van der Waals surface area contributed by atoms with Crippen LogP contribution in [0.15, 0.2) is 29.3 Å². The smallest absolute Gasteiger partial charge is 0.191 e. The Balaban J connectivity index is 2.29. The van der Waals surface area contributed by atoms with Crippen molar-refractivity contribution in [1.82, 2.24) is 15.5 Å². The van der Waals surface area contributed by atoms with Crippen molar-refractivity contribution in [1.29, 1.82) is 0 Å². The standard InChI is InChI=1S/C18H31ClN4O/c1-4-20-18(21-10-6-12-23(2)13-14-24-3)22-11-9-16-7-5-8-17(19)15-16/h5,7-8,15H,4,6,9-14H2,1-3H3,(H2,20,21,22). The molecule has 0 atom stereocenters. The van der Waals surface area contributed by atoms with E-state index in [1.807, 2.05) is 18.2 Å². The van der Waals surface area contributed by atoms with Crippen molar-refractivity contribution >= 4 is 17.6 Å². The average molecular weight is 355 g/mol. The number of nitrogens with one attached hydrogen (secondary N) is 2. The number of hydrogen-bond acceptors (Lipinski definition) is 3. The lowest BCUT2D eigenvalue weighted by Crippen LogP contribution is -2.38. The Hall–Kier alpha value is -1.30. The van der Waals surface area contributed by atoms with Crippen LogP contribution in [0.4, 0.5) is 0 Å². The summed E-state index contributed by atoms with van der Waals surface area (Å²) in [5, 5.41) is 7.44. The number of guanidine groups is 1. The molecule has 0 fully saturated rings. The summed E-state index contributed by atoms with van der Waals surface area (Å²) in [7, 11) is 3.84. The molecule has 0 saturated carbocycles. The lowest BCUT2D eigenvalue weighted by Gasteiger charge is -2.15. The van der Waals surface area contributed by atoms with Crippen molar-refractivity contribution in [3.05, 3.63) is 34.9 Å². The second-order valence-corrected chi connectivity index (χ2v) is 6.15. The molecule has 0 unspecified atom stereocenters. The Kier molecular flexibility index (Phi) is 11.3. The van der Waals surface area contributed by atoms with Gasteiger partial charge < -0.3 is 20.3 Å². The van der Waals surface area contributed by atoms with Crippen molar-refractivity contribution in [3.63, 3.8) is 0 Å². The number of aliphatic imine (C=N–C) groups is 1. The SMILES string of the molecule is CCNC(=NCCCN(C)CCOC)NCCc1cccc(Cl)c1. The Bertz CT molecular complexity index is 482. The molecule has 0 aliphatic carbocycles. The van der Waals surface area contributed by atoms with Gasteiger partial charge in [0.2, 0.25) is 0 Å². The highest BCUT2D eigenvalue weighted by atomic mass is 35.5. The maximum atomic E-state index is 6.01. The molecule has 0 spiro atoms. The summed E-state index contributed by atoms with van der Waals surface area (Å²) in [4.78, 5) is 6.89. The van der Waals surface area contributed by atoms with Crippen LogP contribution in [-0.2, 0) is 11.2 Å². The van der Waals surface area contributed by atoms with Crippen molar-refractivity contribution in [2.75, 3.05) is 53.5 Å². The van der Waals surface area contributed by atoms with Gasteiger partial charge in [0.15, 0.2) is 5.96 Å². The minimum atomic E-state index is 0.771. The van der Waals surface area contributed by atoms with Gasteiger partial charge in [0, 0.05) is 38.3 Å². The van der Waals surface area contributed by atoms with Gasteiger partial charge >= 0.3 is 0 Å². The summed E-state index contributed by atoms with van der Waals surface area (Å²) < 4.78 is 5.08. The normalized spacial score (nSPS) is 11.8. The topological polar surface area (TPSA) is 48.9 Å². The number of methoxy groups -OCH3 is 1. The van der Waals surface area contributed by atoms with Crippen LogP contribution in [-0.4, -0.2) is 64.3 Å². The van der Waals surface area contributed by atoms with E-state index >= 15 is 0 Å². The fraction of sp³-hybridized carbons (Fsp3) is 0.611. The first kappa shape index (κ1) is 20.7. The van der Waals surface area contributed by atoms with Gasteiger partial charge in [-0.1, -0.05) is 23.7 Å². The Morgan fingerprint density at radius 1 is 1.29 bits per heavy atom. The highest BCUT2D eigenvalue weighted by Gasteiger charge is 2.00. The van der Waals surface area contributed by atoms with Crippen LogP contribution < -0.4 is 10.6 Å². The van der Waals surface area contributed by atoms with Gasteiger partial charge in [-0.2, -0.15) is 0 Å². The monoisotopic (exact) mass is 354 g/mol. The molecule has 6 heteroatoms. The zero-order chi connectivity index (χ0) is 17.6.